The molecule has 10 heteroatoms. The van der Waals surface area contributed by atoms with Crippen LogP contribution in [0.15, 0.2) is 0 Å². The molecule has 0 unspecified atom stereocenters. The molecule has 3 amide bonds. The second kappa shape index (κ2) is 10.9. The average molecular weight is 412 g/mol. The maximum atomic E-state index is 12.6. The van der Waals surface area contributed by atoms with Crippen molar-refractivity contribution in [3.63, 3.8) is 0 Å². The van der Waals surface area contributed by atoms with Gasteiger partial charge in [0.2, 0.25) is 17.7 Å². The van der Waals surface area contributed by atoms with Crippen LogP contribution < -0.4 is 21.7 Å². The fourth-order valence-electron chi connectivity index (χ4n) is 3.41. The Morgan fingerprint density at radius 1 is 0.931 bits per heavy atom. The summed E-state index contributed by atoms with van der Waals surface area (Å²) in [6.45, 7) is 8.32. The van der Waals surface area contributed by atoms with Crippen LogP contribution in [-0.2, 0) is 14.4 Å². The minimum atomic E-state index is -1.71. The Bertz CT molecular complexity index is 575. The Hall–Kier alpha value is -1.65. The highest BCUT2D eigenvalue weighted by atomic mass is 16.4. The topological polar surface area (TPSA) is 154 Å². The summed E-state index contributed by atoms with van der Waals surface area (Å²) in [5.74, 6) is -2.19. The third-order valence-corrected chi connectivity index (χ3v) is 5.44. The molecule has 0 saturated heterocycles. The van der Waals surface area contributed by atoms with Crippen LogP contribution in [0.1, 0.15) is 66.7 Å². The summed E-state index contributed by atoms with van der Waals surface area (Å²) in [5.41, 5.74) is 5.45. The first kappa shape index (κ1) is 25.4. The summed E-state index contributed by atoms with van der Waals surface area (Å²) in [6, 6.07) is -2.45. The van der Waals surface area contributed by atoms with Crippen LogP contribution in [0.5, 0.6) is 0 Å². The maximum Gasteiger partial charge on any atom is 0.475 e. The molecule has 0 aromatic heterocycles. The smallest absolute Gasteiger partial charge is 0.426 e. The van der Waals surface area contributed by atoms with Gasteiger partial charge in [-0.2, -0.15) is 0 Å². The maximum absolute atomic E-state index is 12.6. The SMILES string of the molecule is C[C@H](NC(=O)[C@@H](NC(=O)[C@H](C)NC(=O)[C@@H](N)C1CCCCC1)C(C)(C)C)B(O)O. The van der Waals surface area contributed by atoms with Crippen LogP contribution in [0.4, 0.5) is 0 Å². The Balaban J connectivity index is 2.70. The minimum absolute atomic E-state index is 0.124. The first-order valence-electron chi connectivity index (χ1n) is 10.4. The van der Waals surface area contributed by atoms with Gasteiger partial charge in [0, 0.05) is 0 Å². The van der Waals surface area contributed by atoms with Crippen molar-refractivity contribution >= 4 is 24.8 Å². The largest absolute Gasteiger partial charge is 0.475 e. The van der Waals surface area contributed by atoms with Gasteiger partial charge in [-0.05, 0) is 38.0 Å². The summed E-state index contributed by atoms with van der Waals surface area (Å²) in [7, 11) is -1.71. The van der Waals surface area contributed by atoms with Crippen molar-refractivity contribution in [2.24, 2.45) is 17.1 Å². The van der Waals surface area contributed by atoms with Crippen molar-refractivity contribution in [3.8, 4) is 0 Å². The van der Waals surface area contributed by atoms with Gasteiger partial charge < -0.3 is 31.7 Å². The molecular formula is C19H37BN4O5. The quantitative estimate of drug-likeness (QED) is 0.294. The third kappa shape index (κ3) is 7.95. The molecule has 4 atom stereocenters. The van der Waals surface area contributed by atoms with Crippen LogP contribution in [0.3, 0.4) is 0 Å². The van der Waals surface area contributed by atoms with Gasteiger partial charge in [0.1, 0.15) is 12.1 Å². The Morgan fingerprint density at radius 2 is 1.48 bits per heavy atom. The fourth-order valence-corrected chi connectivity index (χ4v) is 3.41. The normalized spacial score (nSPS) is 19.4. The molecule has 0 bridgehead atoms. The average Bonchev–Trinajstić information content (AvgIpc) is 2.64. The monoisotopic (exact) mass is 412 g/mol. The summed E-state index contributed by atoms with van der Waals surface area (Å²) in [5, 5.41) is 26.1. The van der Waals surface area contributed by atoms with Crippen molar-refractivity contribution < 1.29 is 24.4 Å². The van der Waals surface area contributed by atoms with E-state index in [0.717, 1.165) is 32.1 Å². The van der Waals surface area contributed by atoms with Crippen molar-refractivity contribution in [1.82, 2.24) is 16.0 Å². The van der Waals surface area contributed by atoms with E-state index >= 15 is 0 Å². The van der Waals surface area contributed by atoms with Gasteiger partial charge in [-0.1, -0.05) is 40.0 Å². The number of amides is 3. The van der Waals surface area contributed by atoms with Crippen LogP contribution >= 0.6 is 0 Å². The van der Waals surface area contributed by atoms with Gasteiger partial charge in [0.15, 0.2) is 0 Å². The molecule has 0 radical (unpaired) electrons. The molecule has 1 rings (SSSR count). The predicted octanol–water partition coefficient (Wildman–Crippen LogP) is -0.554. The molecule has 7 N–H and O–H groups in total. The molecule has 166 valence electrons. The van der Waals surface area contributed by atoms with Crippen LogP contribution in [0.25, 0.3) is 0 Å². The fraction of sp³-hybridized carbons (Fsp3) is 0.842. The van der Waals surface area contributed by atoms with Crippen molar-refractivity contribution in [2.45, 2.75) is 90.8 Å². The Morgan fingerprint density at radius 3 is 1.97 bits per heavy atom. The van der Waals surface area contributed by atoms with E-state index in [4.69, 9.17) is 5.73 Å². The molecule has 0 aromatic carbocycles. The molecule has 1 aliphatic rings. The van der Waals surface area contributed by atoms with Gasteiger partial charge in [-0.25, -0.2) is 0 Å². The van der Waals surface area contributed by atoms with Crippen molar-refractivity contribution in [2.75, 3.05) is 0 Å². The van der Waals surface area contributed by atoms with Gasteiger partial charge in [-0.3, -0.25) is 14.4 Å². The van der Waals surface area contributed by atoms with Crippen molar-refractivity contribution in [3.05, 3.63) is 0 Å². The Labute approximate surface area is 173 Å². The number of nitrogens with two attached hydrogens (primary N) is 1. The zero-order chi connectivity index (χ0) is 22.4. The third-order valence-electron chi connectivity index (χ3n) is 5.44. The zero-order valence-corrected chi connectivity index (χ0v) is 18.2. The van der Waals surface area contributed by atoms with E-state index < -0.39 is 48.4 Å². The van der Waals surface area contributed by atoms with E-state index in [2.05, 4.69) is 16.0 Å². The molecule has 0 spiro atoms. The minimum Gasteiger partial charge on any atom is -0.426 e. The highest BCUT2D eigenvalue weighted by molar-refractivity contribution is 6.43. The summed E-state index contributed by atoms with van der Waals surface area (Å²) < 4.78 is 0. The van der Waals surface area contributed by atoms with E-state index in [1.165, 1.54) is 6.92 Å². The first-order chi connectivity index (χ1) is 13.3. The number of nitrogens with one attached hydrogen (secondary N) is 3. The molecule has 29 heavy (non-hydrogen) atoms. The number of rotatable bonds is 8. The van der Waals surface area contributed by atoms with Crippen LogP contribution in [-0.4, -0.2) is 59.0 Å². The van der Waals surface area contributed by atoms with Gasteiger partial charge in [0.05, 0.1) is 12.0 Å². The van der Waals surface area contributed by atoms with E-state index in [0.29, 0.717) is 0 Å². The van der Waals surface area contributed by atoms with Crippen LogP contribution in [0.2, 0.25) is 0 Å². The van der Waals surface area contributed by atoms with E-state index in [1.54, 1.807) is 27.7 Å². The molecule has 0 heterocycles. The van der Waals surface area contributed by atoms with Crippen LogP contribution in [0, 0.1) is 11.3 Å². The molecule has 9 nitrogen and oxygen atoms in total. The molecule has 1 saturated carbocycles. The highest BCUT2D eigenvalue weighted by Crippen LogP contribution is 2.25. The Kier molecular flexibility index (Phi) is 9.58. The molecule has 1 fully saturated rings. The van der Waals surface area contributed by atoms with Crippen molar-refractivity contribution in [1.29, 1.82) is 0 Å². The molecule has 0 aromatic rings. The number of carbonyl (C=O) groups excluding carboxylic acids is 3. The molecule has 0 aliphatic heterocycles. The lowest BCUT2D eigenvalue weighted by molar-refractivity contribution is -0.134. The molecular weight excluding hydrogens is 375 g/mol. The lowest BCUT2D eigenvalue weighted by Crippen LogP contribution is -2.60. The predicted molar refractivity (Wildman–Crippen MR) is 111 cm³/mol. The van der Waals surface area contributed by atoms with Gasteiger partial charge in [-0.15, -0.1) is 0 Å². The molecule has 1 aliphatic carbocycles. The standard InChI is InChI=1S/C19H37BN4O5/c1-11(22-17(26)14(21)13-9-7-6-8-10-13)16(25)24-15(19(3,4)5)18(27)23-12(2)20(28)29/h11-15,28-29H,6-10,21H2,1-5H3,(H,22,26)(H,23,27)(H,24,25)/t11-,12-,14-,15+/m0/s1. The number of hydrogen-bond acceptors (Lipinski definition) is 6. The second-order valence-corrected chi connectivity index (χ2v) is 9.17. The number of hydrogen-bond donors (Lipinski definition) is 6. The summed E-state index contributed by atoms with van der Waals surface area (Å²) in [4.78, 5) is 37.6. The summed E-state index contributed by atoms with van der Waals surface area (Å²) >= 11 is 0. The lowest BCUT2D eigenvalue weighted by Gasteiger charge is -2.32. The first-order valence-corrected chi connectivity index (χ1v) is 10.4. The number of carbonyl (C=O) groups is 3. The summed E-state index contributed by atoms with van der Waals surface area (Å²) in [6.07, 6.45) is 5.11. The lowest BCUT2D eigenvalue weighted by atomic mass is 9.79. The van der Waals surface area contributed by atoms with Gasteiger partial charge in [0.25, 0.3) is 0 Å². The van der Waals surface area contributed by atoms with E-state index in [1.807, 2.05) is 0 Å². The van der Waals surface area contributed by atoms with E-state index in [9.17, 15) is 24.4 Å². The second-order valence-electron chi connectivity index (χ2n) is 9.17. The highest BCUT2D eigenvalue weighted by Gasteiger charge is 2.36. The van der Waals surface area contributed by atoms with Gasteiger partial charge >= 0.3 is 7.12 Å². The van der Waals surface area contributed by atoms with E-state index in [-0.39, 0.29) is 11.8 Å². The zero-order valence-electron chi connectivity index (χ0n) is 18.2.